The summed E-state index contributed by atoms with van der Waals surface area (Å²) in [6, 6.07) is 15.4. The number of hydrogen-bond donors (Lipinski definition) is 1. The third-order valence-electron chi connectivity index (χ3n) is 5.56. The standard InChI is InChI=1S/C23H26N4O3/c1-16-8-10-17(11-9-16)21-22(30-14-20(28)26(21)2)23(29)24-12-5-13-27-15-25-18-6-3-4-7-19(18)27/h3-4,6-11,15,21-22H,5,12-14H2,1-2H3,(H,24,29)/t21-,22-/m1/s1. The summed E-state index contributed by atoms with van der Waals surface area (Å²) in [6.07, 6.45) is 1.86. The van der Waals surface area contributed by atoms with E-state index in [1.807, 2.05) is 61.8 Å². The molecule has 7 heteroatoms. The molecule has 0 saturated carbocycles. The number of hydrogen-bond acceptors (Lipinski definition) is 4. The van der Waals surface area contributed by atoms with Crippen LogP contribution in [0.25, 0.3) is 11.0 Å². The van der Waals surface area contributed by atoms with Crippen molar-refractivity contribution in [3.8, 4) is 0 Å². The van der Waals surface area contributed by atoms with E-state index in [4.69, 9.17) is 4.74 Å². The number of para-hydroxylation sites is 2. The van der Waals surface area contributed by atoms with Crippen LogP contribution in [0, 0.1) is 6.92 Å². The molecule has 1 N–H and O–H groups in total. The van der Waals surface area contributed by atoms with Crippen molar-refractivity contribution in [2.75, 3.05) is 20.2 Å². The Balaban J connectivity index is 1.38. The summed E-state index contributed by atoms with van der Waals surface area (Å²) in [6.45, 7) is 3.19. The van der Waals surface area contributed by atoms with E-state index in [-0.39, 0.29) is 18.4 Å². The molecule has 4 rings (SSSR count). The predicted molar refractivity (Wildman–Crippen MR) is 114 cm³/mol. The quantitative estimate of drug-likeness (QED) is 0.638. The lowest BCUT2D eigenvalue weighted by Crippen LogP contribution is -2.53. The number of nitrogens with zero attached hydrogens (tertiary/aromatic N) is 3. The monoisotopic (exact) mass is 406 g/mol. The van der Waals surface area contributed by atoms with Crippen molar-refractivity contribution in [3.63, 3.8) is 0 Å². The Bertz CT molecular complexity index is 1040. The average molecular weight is 406 g/mol. The van der Waals surface area contributed by atoms with Crippen LogP contribution in [0.5, 0.6) is 0 Å². The third kappa shape index (κ3) is 4.07. The van der Waals surface area contributed by atoms with Gasteiger partial charge in [0, 0.05) is 20.1 Å². The van der Waals surface area contributed by atoms with Crippen LogP contribution in [0.2, 0.25) is 0 Å². The van der Waals surface area contributed by atoms with Gasteiger partial charge in [0.25, 0.3) is 5.91 Å². The number of rotatable bonds is 6. The number of nitrogens with one attached hydrogen (secondary N) is 1. The van der Waals surface area contributed by atoms with Crippen LogP contribution >= 0.6 is 0 Å². The number of aromatic nitrogens is 2. The fourth-order valence-electron chi connectivity index (χ4n) is 3.84. The van der Waals surface area contributed by atoms with Gasteiger partial charge in [-0.15, -0.1) is 0 Å². The normalized spacial score (nSPS) is 19.3. The first-order valence-corrected chi connectivity index (χ1v) is 10.2. The fraction of sp³-hybridized carbons (Fsp3) is 0.348. The van der Waals surface area contributed by atoms with Gasteiger partial charge in [0.15, 0.2) is 6.10 Å². The molecule has 0 aliphatic carbocycles. The molecule has 1 aliphatic rings. The summed E-state index contributed by atoms with van der Waals surface area (Å²) < 4.78 is 7.75. The SMILES string of the molecule is Cc1ccc([C@@H]2[C@H](C(=O)NCCCn3cnc4ccccc43)OCC(=O)N2C)cc1. The third-order valence-corrected chi connectivity index (χ3v) is 5.56. The number of carbonyl (C=O) groups excluding carboxylic acids is 2. The zero-order valence-electron chi connectivity index (χ0n) is 17.2. The molecular formula is C23H26N4O3. The molecule has 2 atom stereocenters. The van der Waals surface area contributed by atoms with E-state index in [1.165, 1.54) is 0 Å². The number of morpholine rings is 1. The Morgan fingerprint density at radius 2 is 1.97 bits per heavy atom. The fourth-order valence-corrected chi connectivity index (χ4v) is 3.84. The summed E-state index contributed by atoms with van der Waals surface area (Å²) in [5.74, 6) is -0.327. The van der Waals surface area contributed by atoms with Crippen molar-refractivity contribution in [3.05, 3.63) is 66.0 Å². The Labute approximate surface area is 175 Å². The smallest absolute Gasteiger partial charge is 0.251 e. The number of likely N-dealkylation sites (N-methyl/N-ethyl adjacent to an activating group) is 1. The minimum Gasteiger partial charge on any atom is -0.356 e. The zero-order chi connectivity index (χ0) is 21.1. The van der Waals surface area contributed by atoms with Crippen LogP contribution in [0.15, 0.2) is 54.9 Å². The molecule has 1 aliphatic heterocycles. The molecule has 0 bridgehead atoms. The largest absolute Gasteiger partial charge is 0.356 e. The summed E-state index contributed by atoms with van der Waals surface area (Å²) >= 11 is 0. The number of fused-ring (bicyclic) bond motifs is 1. The first-order valence-electron chi connectivity index (χ1n) is 10.2. The van der Waals surface area contributed by atoms with Gasteiger partial charge in [-0.25, -0.2) is 4.98 Å². The molecule has 7 nitrogen and oxygen atoms in total. The Hall–Kier alpha value is -3.19. The van der Waals surface area contributed by atoms with Gasteiger partial charge in [-0.05, 0) is 31.0 Å². The summed E-state index contributed by atoms with van der Waals surface area (Å²) in [5.41, 5.74) is 4.06. The van der Waals surface area contributed by atoms with Gasteiger partial charge in [0.05, 0.1) is 23.4 Å². The molecule has 1 saturated heterocycles. The molecule has 3 aromatic rings. The highest BCUT2D eigenvalue weighted by Gasteiger charge is 2.39. The number of amides is 2. The van der Waals surface area contributed by atoms with E-state index in [0.29, 0.717) is 6.54 Å². The van der Waals surface area contributed by atoms with E-state index in [2.05, 4.69) is 14.9 Å². The highest BCUT2D eigenvalue weighted by atomic mass is 16.5. The maximum Gasteiger partial charge on any atom is 0.251 e. The molecule has 2 heterocycles. The molecular weight excluding hydrogens is 380 g/mol. The molecule has 30 heavy (non-hydrogen) atoms. The topological polar surface area (TPSA) is 76.5 Å². The highest BCUT2D eigenvalue weighted by Crippen LogP contribution is 2.29. The first kappa shape index (κ1) is 20.1. The van der Waals surface area contributed by atoms with Crippen molar-refractivity contribution in [2.45, 2.75) is 32.0 Å². The molecule has 2 aromatic carbocycles. The highest BCUT2D eigenvalue weighted by molar-refractivity contribution is 5.86. The lowest BCUT2D eigenvalue weighted by molar-refractivity contribution is -0.162. The van der Waals surface area contributed by atoms with Crippen molar-refractivity contribution < 1.29 is 14.3 Å². The summed E-state index contributed by atoms with van der Waals surface area (Å²) in [4.78, 5) is 31.1. The van der Waals surface area contributed by atoms with Crippen LogP contribution in [-0.4, -0.2) is 52.6 Å². The van der Waals surface area contributed by atoms with Crippen LogP contribution in [0.1, 0.15) is 23.6 Å². The van der Waals surface area contributed by atoms with Crippen LogP contribution in [0.4, 0.5) is 0 Å². The maximum absolute atomic E-state index is 12.9. The van der Waals surface area contributed by atoms with Crippen molar-refractivity contribution in [1.82, 2.24) is 19.8 Å². The van der Waals surface area contributed by atoms with Crippen molar-refractivity contribution >= 4 is 22.8 Å². The maximum atomic E-state index is 12.9. The lowest BCUT2D eigenvalue weighted by atomic mass is 9.96. The average Bonchev–Trinajstić information content (AvgIpc) is 3.17. The summed E-state index contributed by atoms with van der Waals surface area (Å²) in [5, 5.41) is 2.97. The molecule has 0 unspecified atom stereocenters. The van der Waals surface area contributed by atoms with Gasteiger partial charge in [-0.1, -0.05) is 42.0 Å². The second kappa shape index (κ2) is 8.67. The minimum absolute atomic E-state index is 0.0853. The minimum atomic E-state index is -0.732. The van der Waals surface area contributed by atoms with Gasteiger partial charge in [-0.3, -0.25) is 9.59 Å². The first-order chi connectivity index (χ1) is 14.5. The Kier molecular flexibility index (Phi) is 5.81. The molecule has 0 radical (unpaired) electrons. The van der Waals surface area contributed by atoms with E-state index < -0.39 is 12.1 Å². The number of carbonyl (C=O) groups is 2. The van der Waals surface area contributed by atoms with E-state index in [0.717, 1.165) is 35.1 Å². The van der Waals surface area contributed by atoms with E-state index in [1.54, 1.807) is 11.9 Å². The number of ether oxygens (including phenoxy) is 1. The Morgan fingerprint density at radius 1 is 1.20 bits per heavy atom. The molecule has 1 aromatic heterocycles. The van der Waals surface area contributed by atoms with E-state index >= 15 is 0 Å². The number of aryl methyl sites for hydroxylation is 2. The molecule has 156 valence electrons. The second-order valence-corrected chi connectivity index (χ2v) is 7.66. The van der Waals surface area contributed by atoms with Gasteiger partial charge >= 0.3 is 0 Å². The lowest BCUT2D eigenvalue weighted by Gasteiger charge is -2.38. The second-order valence-electron chi connectivity index (χ2n) is 7.66. The zero-order valence-corrected chi connectivity index (χ0v) is 17.2. The van der Waals surface area contributed by atoms with Crippen LogP contribution in [-0.2, 0) is 20.9 Å². The number of imidazole rings is 1. The Morgan fingerprint density at radius 3 is 2.77 bits per heavy atom. The van der Waals surface area contributed by atoms with E-state index in [9.17, 15) is 9.59 Å². The number of benzene rings is 2. The molecule has 0 spiro atoms. The van der Waals surface area contributed by atoms with Gasteiger partial charge in [0.2, 0.25) is 5.91 Å². The van der Waals surface area contributed by atoms with Crippen molar-refractivity contribution in [2.24, 2.45) is 0 Å². The molecule has 2 amide bonds. The van der Waals surface area contributed by atoms with Crippen LogP contribution < -0.4 is 5.32 Å². The van der Waals surface area contributed by atoms with Gasteiger partial charge in [-0.2, -0.15) is 0 Å². The molecule has 1 fully saturated rings. The van der Waals surface area contributed by atoms with Crippen molar-refractivity contribution in [1.29, 1.82) is 0 Å². The van der Waals surface area contributed by atoms with Gasteiger partial charge in [0.1, 0.15) is 6.61 Å². The predicted octanol–water partition coefficient (Wildman–Crippen LogP) is 2.45. The van der Waals surface area contributed by atoms with Gasteiger partial charge < -0.3 is 19.5 Å². The summed E-state index contributed by atoms with van der Waals surface area (Å²) in [7, 11) is 1.72. The van der Waals surface area contributed by atoms with Crippen LogP contribution in [0.3, 0.4) is 0 Å².